The number of nitrogens with zero attached hydrogens (tertiary/aromatic N) is 2. The first-order valence-electron chi connectivity index (χ1n) is 11.2. The van der Waals surface area contributed by atoms with Crippen LogP contribution in [0.15, 0.2) is 67.1 Å². The lowest BCUT2D eigenvalue weighted by atomic mass is 9.92. The maximum Gasteiger partial charge on any atom is 0.119 e. The number of benzene rings is 2. The lowest BCUT2D eigenvalue weighted by Crippen LogP contribution is -2.34. The summed E-state index contributed by atoms with van der Waals surface area (Å²) in [6.07, 6.45) is 8.62. The van der Waals surface area contributed by atoms with Crippen LogP contribution in [0.3, 0.4) is 0 Å². The van der Waals surface area contributed by atoms with E-state index in [0.29, 0.717) is 12.0 Å². The second kappa shape index (κ2) is 8.97. The number of fused-ring (bicyclic) bond motifs is 1. The van der Waals surface area contributed by atoms with Gasteiger partial charge in [-0.15, -0.1) is 0 Å². The number of pyridine rings is 1. The van der Waals surface area contributed by atoms with Crippen molar-refractivity contribution in [1.29, 1.82) is 0 Å². The van der Waals surface area contributed by atoms with Crippen molar-refractivity contribution in [2.75, 3.05) is 20.2 Å². The van der Waals surface area contributed by atoms with Crippen molar-refractivity contribution in [3.05, 3.63) is 72.1 Å². The van der Waals surface area contributed by atoms with Gasteiger partial charge in [0.15, 0.2) is 0 Å². The molecule has 2 atom stereocenters. The van der Waals surface area contributed by atoms with Crippen LogP contribution in [0.25, 0.3) is 33.2 Å². The second-order valence-electron chi connectivity index (χ2n) is 8.65. The first-order valence-corrected chi connectivity index (χ1v) is 11.6. The Balaban J connectivity index is 1.63. The van der Waals surface area contributed by atoms with E-state index in [1.165, 1.54) is 29.3 Å². The number of methoxy groups -OCH3 is 1. The summed E-state index contributed by atoms with van der Waals surface area (Å²) in [5, 5.41) is 5.48. The fourth-order valence-electron chi connectivity index (χ4n) is 4.86. The number of hydrogen-bond donors (Lipinski definition) is 1. The van der Waals surface area contributed by atoms with Crippen molar-refractivity contribution in [2.24, 2.45) is 5.92 Å². The summed E-state index contributed by atoms with van der Waals surface area (Å²) in [6, 6.07) is 16.9. The van der Waals surface area contributed by atoms with E-state index in [1.54, 1.807) is 7.11 Å². The molecular formula is C27H28ClN3O. The summed E-state index contributed by atoms with van der Waals surface area (Å²) >= 11 is 6.23. The summed E-state index contributed by atoms with van der Waals surface area (Å²) in [5.41, 5.74) is 5.61. The highest BCUT2D eigenvalue weighted by molar-refractivity contribution is 6.30. The fraction of sp³-hybridized carbons (Fsp3) is 0.296. The predicted molar refractivity (Wildman–Crippen MR) is 132 cm³/mol. The standard InChI is InChI=1S/C27H28ClN3O/c1-18(20-6-4-10-29-14-20)31-17-26(25-13-24(32-2)8-9-27(25)31)22-11-21(15-30-16-22)19-5-3-7-23(28)12-19/h3,5,7-9,11-13,15-18,20,29H,4,6,10,14H2,1-2H3. The summed E-state index contributed by atoms with van der Waals surface area (Å²) in [6.45, 7) is 4.53. The number of piperidine rings is 1. The fourth-order valence-corrected chi connectivity index (χ4v) is 5.05. The summed E-state index contributed by atoms with van der Waals surface area (Å²) in [7, 11) is 1.72. The minimum absolute atomic E-state index is 0.400. The molecule has 1 aliphatic rings. The van der Waals surface area contributed by atoms with Gasteiger partial charge >= 0.3 is 0 Å². The number of aromatic nitrogens is 2. The van der Waals surface area contributed by atoms with E-state index < -0.39 is 0 Å². The van der Waals surface area contributed by atoms with Crippen LogP contribution in [0.5, 0.6) is 5.75 Å². The molecule has 164 valence electrons. The van der Waals surface area contributed by atoms with Crippen LogP contribution < -0.4 is 10.1 Å². The number of hydrogen-bond acceptors (Lipinski definition) is 3. The Hall–Kier alpha value is -2.82. The zero-order valence-electron chi connectivity index (χ0n) is 18.5. The second-order valence-corrected chi connectivity index (χ2v) is 9.09. The Morgan fingerprint density at radius 2 is 1.97 bits per heavy atom. The molecule has 1 aliphatic heterocycles. The third-order valence-corrected chi connectivity index (χ3v) is 6.94. The van der Waals surface area contributed by atoms with E-state index in [9.17, 15) is 0 Å². The third kappa shape index (κ3) is 4.01. The van der Waals surface area contributed by atoms with Crippen LogP contribution in [-0.4, -0.2) is 29.8 Å². The Kier molecular flexibility index (Phi) is 5.90. The minimum Gasteiger partial charge on any atom is -0.497 e. The minimum atomic E-state index is 0.400. The average molecular weight is 446 g/mol. The van der Waals surface area contributed by atoms with Gasteiger partial charge in [-0.2, -0.15) is 0 Å². The molecule has 1 saturated heterocycles. The zero-order chi connectivity index (χ0) is 22.1. The molecule has 4 aromatic rings. The van der Waals surface area contributed by atoms with Gasteiger partial charge in [-0.3, -0.25) is 4.98 Å². The Labute approximate surface area is 194 Å². The molecular weight excluding hydrogens is 418 g/mol. The highest BCUT2D eigenvalue weighted by Gasteiger charge is 2.24. The molecule has 0 bridgehead atoms. The quantitative estimate of drug-likeness (QED) is 0.376. The van der Waals surface area contributed by atoms with Crippen molar-refractivity contribution in [1.82, 2.24) is 14.9 Å². The van der Waals surface area contributed by atoms with E-state index in [2.05, 4.69) is 58.3 Å². The van der Waals surface area contributed by atoms with Gasteiger partial charge in [0.25, 0.3) is 0 Å². The Morgan fingerprint density at radius 3 is 2.75 bits per heavy atom. The molecule has 0 amide bonds. The topological polar surface area (TPSA) is 39.1 Å². The molecule has 0 saturated carbocycles. The summed E-state index contributed by atoms with van der Waals surface area (Å²) in [4.78, 5) is 4.57. The van der Waals surface area contributed by atoms with Gasteiger partial charge in [-0.05, 0) is 80.7 Å². The van der Waals surface area contributed by atoms with Crippen molar-refractivity contribution in [3.8, 4) is 28.0 Å². The lowest BCUT2D eigenvalue weighted by Gasteiger charge is -2.30. The van der Waals surface area contributed by atoms with Gasteiger partial charge in [-0.25, -0.2) is 0 Å². The third-order valence-electron chi connectivity index (χ3n) is 6.70. The van der Waals surface area contributed by atoms with E-state index in [1.807, 2.05) is 30.6 Å². The van der Waals surface area contributed by atoms with Crippen LogP contribution in [0.4, 0.5) is 0 Å². The van der Waals surface area contributed by atoms with Crippen molar-refractivity contribution in [3.63, 3.8) is 0 Å². The summed E-state index contributed by atoms with van der Waals surface area (Å²) in [5.74, 6) is 1.48. The first-order chi connectivity index (χ1) is 15.6. The van der Waals surface area contributed by atoms with Crippen molar-refractivity contribution < 1.29 is 4.74 Å². The van der Waals surface area contributed by atoms with Crippen LogP contribution in [0.1, 0.15) is 25.8 Å². The van der Waals surface area contributed by atoms with E-state index in [0.717, 1.165) is 40.6 Å². The number of ether oxygens (including phenoxy) is 1. The summed E-state index contributed by atoms with van der Waals surface area (Å²) < 4.78 is 7.99. The van der Waals surface area contributed by atoms with Crippen molar-refractivity contribution >= 4 is 22.5 Å². The van der Waals surface area contributed by atoms with Crippen LogP contribution in [-0.2, 0) is 0 Å². The smallest absolute Gasteiger partial charge is 0.119 e. The molecule has 0 spiro atoms. The van der Waals surface area contributed by atoms with Gasteiger partial charge in [-0.1, -0.05) is 23.7 Å². The molecule has 0 aliphatic carbocycles. The number of halogens is 1. The van der Waals surface area contributed by atoms with E-state index in [-0.39, 0.29) is 0 Å². The molecule has 1 N–H and O–H groups in total. The van der Waals surface area contributed by atoms with Crippen LogP contribution >= 0.6 is 11.6 Å². The SMILES string of the molecule is COc1ccc2c(c1)c(-c1cncc(-c3cccc(Cl)c3)c1)cn2C(C)C1CCCNC1. The average Bonchev–Trinajstić information content (AvgIpc) is 3.23. The Bertz CT molecular complexity index is 1240. The zero-order valence-corrected chi connectivity index (χ0v) is 19.3. The molecule has 2 aromatic heterocycles. The number of nitrogens with one attached hydrogen (secondary N) is 1. The number of rotatable bonds is 5. The Morgan fingerprint density at radius 1 is 1.09 bits per heavy atom. The van der Waals surface area contributed by atoms with E-state index >= 15 is 0 Å². The maximum absolute atomic E-state index is 6.23. The first kappa shape index (κ1) is 21.0. The largest absolute Gasteiger partial charge is 0.497 e. The van der Waals surface area contributed by atoms with Gasteiger partial charge in [0.2, 0.25) is 0 Å². The molecule has 2 unspecified atom stereocenters. The van der Waals surface area contributed by atoms with E-state index in [4.69, 9.17) is 16.3 Å². The van der Waals surface area contributed by atoms with Gasteiger partial charge in [0.1, 0.15) is 5.75 Å². The molecule has 0 radical (unpaired) electrons. The highest BCUT2D eigenvalue weighted by Crippen LogP contribution is 2.38. The highest BCUT2D eigenvalue weighted by atomic mass is 35.5. The molecule has 4 nitrogen and oxygen atoms in total. The normalized spacial score (nSPS) is 17.4. The molecule has 32 heavy (non-hydrogen) atoms. The molecule has 5 rings (SSSR count). The van der Waals surface area contributed by atoms with Crippen molar-refractivity contribution in [2.45, 2.75) is 25.8 Å². The van der Waals surface area contributed by atoms with Gasteiger partial charge < -0.3 is 14.6 Å². The molecule has 2 aromatic carbocycles. The predicted octanol–water partition coefficient (Wildman–Crippen LogP) is 6.59. The molecule has 3 heterocycles. The van der Waals surface area contributed by atoms with Gasteiger partial charge in [0.05, 0.1) is 7.11 Å². The lowest BCUT2D eigenvalue weighted by molar-refractivity contribution is 0.284. The monoisotopic (exact) mass is 445 g/mol. The van der Waals surface area contributed by atoms with Crippen LogP contribution in [0, 0.1) is 5.92 Å². The van der Waals surface area contributed by atoms with Gasteiger partial charge in [0, 0.05) is 57.2 Å². The molecule has 1 fully saturated rings. The maximum atomic E-state index is 6.23. The van der Waals surface area contributed by atoms with Crippen LogP contribution in [0.2, 0.25) is 5.02 Å². The molecule has 5 heteroatoms.